The van der Waals surface area contributed by atoms with Crippen LogP contribution in [0.25, 0.3) is 0 Å². The molecular formula is C24H35N2O2+. The second-order valence-electron chi connectivity index (χ2n) is 9.56. The number of allylic oxidation sites excluding steroid dienone is 2. The van der Waals surface area contributed by atoms with Crippen molar-refractivity contribution in [1.29, 1.82) is 0 Å². The summed E-state index contributed by atoms with van der Waals surface area (Å²) in [5, 5.41) is 0. The Bertz CT molecular complexity index is 877. The number of hydrogen-bond donors (Lipinski definition) is 2. The van der Waals surface area contributed by atoms with Crippen molar-refractivity contribution in [3.63, 3.8) is 0 Å². The van der Waals surface area contributed by atoms with Gasteiger partial charge in [0, 0.05) is 17.5 Å². The van der Waals surface area contributed by atoms with Crippen LogP contribution in [0.4, 0.5) is 0 Å². The highest BCUT2D eigenvalue weighted by Crippen LogP contribution is 2.50. The number of fused-ring (bicyclic) bond motifs is 3. The highest BCUT2D eigenvalue weighted by atomic mass is 16.5. The van der Waals surface area contributed by atoms with Crippen molar-refractivity contribution >= 4 is 0 Å². The first-order chi connectivity index (χ1) is 13.3. The average molecular weight is 384 g/mol. The van der Waals surface area contributed by atoms with E-state index in [2.05, 4.69) is 58.0 Å². The standard InChI is InChI=1S/C24H34N2O2/c1-6-7-8-10-18-21(19-11-9-12-26(19)5)22(27)20-16-13-15(2)14-17(16)24(3,4)28-23(20)25-18/h9,11,13,16-17,19H,6-8,10,12,14H2,1-5H3,(H,25,27)/p+1/t16?,17?,19-/m0/s1. The molecule has 2 aliphatic heterocycles. The maximum atomic E-state index is 13.9. The Kier molecular flexibility index (Phi) is 5.03. The van der Waals surface area contributed by atoms with E-state index in [1.54, 1.807) is 0 Å². The molecule has 0 saturated heterocycles. The van der Waals surface area contributed by atoms with Gasteiger partial charge in [0.1, 0.15) is 11.6 Å². The number of nitrogens with one attached hydrogen (secondary N) is 2. The Morgan fingerprint density at radius 3 is 2.75 bits per heavy atom. The molecule has 1 aromatic heterocycles. The third-order valence-corrected chi connectivity index (χ3v) is 6.99. The summed E-state index contributed by atoms with van der Waals surface area (Å²) in [5.41, 5.74) is 4.24. The summed E-state index contributed by atoms with van der Waals surface area (Å²) in [5.74, 6) is 1.22. The molecule has 4 atom stereocenters. The van der Waals surface area contributed by atoms with Crippen molar-refractivity contribution in [2.24, 2.45) is 5.92 Å². The minimum atomic E-state index is -0.271. The van der Waals surface area contributed by atoms with Crippen molar-refractivity contribution in [3.8, 4) is 5.88 Å². The van der Waals surface area contributed by atoms with Gasteiger partial charge in [0.2, 0.25) is 0 Å². The van der Waals surface area contributed by atoms with E-state index in [-0.39, 0.29) is 23.0 Å². The Morgan fingerprint density at radius 1 is 1.29 bits per heavy atom. The van der Waals surface area contributed by atoms with Gasteiger partial charge in [-0.15, -0.1) is 0 Å². The van der Waals surface area contributed by atoms with Crippen LogP contribution >= 0.6 is 0 Å². The van der Waals surface area contributed by atoms with Gasteiger partial charge in [-0.2, -0.15) is 0 Å². The van der Waals surface area contributed by atoms with E-state index in [1.165, 1.54) is 23.3 Å². The van der Waals surface area contributed by atoms with Crippen molar-refractivity contribution in [2.45, 2.75) is 77.4 Å². The van der Waals surface area contributed by atoms with E-state index < -0.39 is 0 Å². The second-order valence-corrected chi connectivity index (χ2v) is 9.56. The number of hydrogen-bond acceptors (Lipinski definition) is 2. The molecule has 3 unspecified atom stereocenters. The Morgan fingerprint density at radius 2 is 2.07 bits per heavy atom. The summed E-state index contributed by atoms with van der Waals surface area (Å²) in [7, 11) is 2.18. The maximum Gasteiger partial charge on any atom is 0.199 e. The third kappa shape index (κ3) is 3.16. The lowest BCUT2D eigenvalue weighted by Crippen LogP contribution is -3.07. The summed E-state index contributed by atoms with van der Waals surface area (Å²) in [6.07, 6.45) is 12.1. The molecule has 28 heavy (non-hydrogen) atoms. The molecule has 4 rings (SSSR count). The van der Waals surface area contributed by atoms with Gasteiger partial charge < -0.3 is 14.6 Å². The summed E-state index contributed by atoms with van der Waals surface area (Å²) in [4.78, 5) is 18.9. The molecule has 0 saturated carbocycles. The molecule has 3 heterocycles. The van der Waals surface area contributed by atoms with Gasteiger partial charge >= 0.3 is 0 Å². The fourth-order valence-electron chi connectivity index (χ4n) is 5.41. The third-order valence-electron chi connectivity index (χ3n) is 6.99. The van der Waals surface area contributed by atoms with Gasteiger partial charge in [0.15, 0.2) is 11.3 Å². The average Bonchev–Trinajstić information content (AvgIpc) is 3.21. The monoisotopic (exact) mass is 383 g/mol. The zero-order chi connectivity index (χ0) is 20.1. The molecule has 0 radical (unpaired) electrons. The molecule has 3 aliphatic rings. The second kappa shape index (κ2) is 7.22. The molecule has 0 spiro atoms. The van der Waals surface area contributed by atoms with Gasteiger partial charge in [0.25, 0.3) is 0 Å². The zero-order valence-electron chi connectivity index (χ0n) is 18.0. The number of aromatic amines is 1. The van der Waals surface area contributed by atoms with Crippen LogP contribution in [-0.2, 0) is 6.42 Å². The number of pyridine rings is 1. The van der Waals surface area contributed by atoms with Crippen LogP contribution in [0.1, 0.15) is 82.2 Å². The number of likely N-dealkylation sites (N-methyl/N-ethyl adjacent to an activating group) is 1. The summed E-state index contributed by atoms with van der Waals surface area (Å²) in [6.45, 7) is 9.71. The number of ether oxygens (including phenoxy) is 1. The van der Waals surface area contributed by atoms with E-state index in [0.717, 1.165) is 48.5 Å². The Balaban J connectivity index is 1.87. The van der Waals surface area contributed by atoms with Gasteiger partial charge in [-0.25, -0.2) is 0 Å². The number of aromatic nitrogens is 1. The van der Waals surface area contributed by atoms with Crippen LogP contribution in [0.15, 0.2) is 28.6 Å². The van der Waals surface area contributed by atoms with Gasteiger partial charge in [-0.05, 0) is 52.2 Å². The van der Waals surface area contributed by atoms with E-state index in [1.807, 2.05) is 0 Å². The minimum absolute atomic E-state index is 0.144. The number of rotatable bonds is 5. The maximum absolute atomic E-state index is 13.9. The lowest BCUT2D eigenvalue weighted by molar-refractivity contribution is -0.893. The van der Waals surface area contributed by atoms with Crippen LogP contribution in [0.2, 0.25) is 0 Å². The highest BCUT2D eigenvalue weighted by Gasteiger charge is 2.48. The first kappa shape index (κ1) is 19.5. The lowest BCUT2D eigenvalue weighted by atomic mass is 9.75. The predicted octanol–water partition coefficient (Wildman–Crippen LogP) is 3.45. The molecule has 2 N–H and O–H groups in total. The molecule has 1 aromatic rings. The fraction of sp³-hybridized carbons (Fsp3) is 0.625. The largest absolute Gasteiger partial charge is 0.472 e. The molecule has 4 nitrogen and oxygen atoms in total. The Labute approximate surface area is 168 Å². The van der Waals surface area contributed by atoms with E-state index >= 15 is 0 Å². The first-order valence-corrected chi connectivity index (χ1v) is 11.0. The van der Waals surface area contributed by atoms with Gasteiger partial charge in [-0.3, -0.25) is 4.79 Å². The van der Waals surface area contributed by atoms with Crippen molar-refractivity contribution in [1.82, 2.24) is 4.98 Å². The number of aryl methyl sites for hydroxylation is 1. The van der Waals surface area contributed by atoms with Crippen molar-refractivity contribution in [2.75, 3.05) is 13.6 Å². The van der Waals surface area contributed by atoms with Crippen LogP contribution in [-0.4, -0.2) is 24.2 Å². The first-order valence-electron chi connectivity index (χ1n) is 11.0. The molecule has 0 amide bonds. The summed E-state index contributed by atoms with van der Waals surface area (Å²) < 4.78 is 6.44. The topological polar surface area (TPSA) is 46.5 Å². The van der Waals surface area contributed by atoms with Crippen LogP contribution < -0.4 is 15.1 Å². The van der Waals surface area contributed by atoms with E-state index in [0.29, 0.717) is 5.92 Å². The van der Waals surface area contributed by atoms with E-state index in [4.69, 9.17) is 4.74 Å². The summed E-state index contributed by atoms with van der Waals surface area (Å²) >= 11 is 0. The highest BCUT2D eigenvalue weighted by molar-refractivity contribution is 5.46. The molecule has 0 fully saturated rings. The number of unbranched alkanes of at least 4 members (excludes halogenated alkanes) is 2. The lowest BCUT2D eigenvalue weighted by Gasteiger charge is -2.41. The smallest absolute Gasteiger partial charge is 0.199 e. The Hall–Kier alpha value is -1.81. The quantitative estimate of drug-likeness (QED) is 0.604. The molecule has 4 heteroatoms. The van der Waals surface area contributed by atoms with Crippen LogP contribution in [0.3, 0.4) is 0 Å². The zero-order valence-corrected chi connectivity index (χ0v) is 18.0. The predicted molar refractivity (Wildman–Crippen MR) is 113 cm³/mol. The van der Waals surface area contributed by atoms with Crippen LogP contribution in [0.5, 0.6) is 5.88 Å². The summed E-state index contributed by atoms with van der Waals surface area (Å²) in [6, 6.07) is 0.144. The van der Waals surface area contributed by atoms with Crippen molar-refractivity contribution < 1.29 is 9.64 Å². The fourth-order valence-corrected chi connectivity index (χ4v) is 5.41. The van der Waals surface area contributed by atoms with Gasteiger partial charge in [0.05, 0.1) is 24.7 Å². The molecule has 0 aromatic carbocycles. The number of quaternary nitrogens is 1. The molecular weight excluding hydrogens is 348 g/mol. The normalized spacial score (nSPS) is 30.0. The SMILES string of the molecule is CCCCCc1[nH]c2c(c(=O)c1[C@@H]1C=CC[NH+]1C)C1C=C(C)CC1C(C)(C)O2. The molecule has 1 aliphatic carbocycles. The molecule has 0 bridgehead atoms. The minimum Gasteiger partial charge on any atom is -0.472 e. The van der Waals surface area contributed by atoms with E-state index in [9.17, 15) is 4.79 Å². The number of H-pyrrole nitrogens is 1. The van der Waals surface area contributed by atoms with Gasteiger partial charge in [-0.1, -0.05) is 31.4 Å². The van der Waals surface area contributed by atoms with Crippen molar-refractivity contribution in [3.05, 3.63) is 50.8 Å². The molecule has 152 valence electrons. The van der Waals surface area contributed by atoms with Crippen LogP contribution in [0, 0.1) is 5.92 Å².